The van der Waals surface area contributed by atoms with Crippen molar-refractivity contribution in [3.8, 4) is 11.5 Å². The Morgan fingerprint density at radius 3 is 2.50 bits per heavy atom. The van der Waals surface area contributed by atoms with Crippen molar-refractivity contribution in [1.82, 2.24) is 5.43 Å². The van der Waals surface area contributed by atoms with Crippen molar-refractivity contribution in [2.24, 2.45) is 5.10 Å². The van der Waals surface area contributed by atoms with E-state index in [0.717, 1.165) is 34.1 Å². The number of hydrogen-bond acceptors (Lipinski definition) is 6. The second kappa shape index (κ2) is 9.92. The van der Waals surface area contributed by atoms with E-state index in [9.17, 15) is 17.6 Å². The molecule has 8 nitrogen and oxygen atoms in total. The summed E-state index contributed by atoms with van der Waals surface area (Å²) in [4.78, 5) is 12.5. The monoisotopic (exact) mass is 483 g/mol. The van der Waals surface area contributed by atoms with Gasteiger partial charge in [0.15, 0.2) is 11.5 Å². The number of fused-ring (bicyclic) bond motifs is 1. The van der Waals surface area contributed by atoms with E-state index in [1.165, 1.54) is 6.21 Å². The molecule has 0 radical (unpaired) electrons. The summed E-state index contributed by atoms with van der Waals surface area (Å²) in [6.45, 7) is 2.17. The molecule has 3 aromatic carbocycles. The van der Waals surface area contributed by atoms with Gasteiger partial charge in [0, 0.05) is 5.56 Å². The van der Waals surface area contributed by atoms with Crippen molar-refractivity contribution in [3.63, 3.8) is 0 Å². The highest BCUT2D eigenvalue weighted by molar-refractivity contribution is 7.92. The number of para-hydroxylation sites is 1. The van der Waals surface area contributed by atoms with E-state index in [0.29, 0.717) is 30.3 Å². The van der Waals surface area contributed by atoms with Crippen LogP contribution in [0.25, 0.3) is 0 Å². The molecule has 1 N–H and O–H groups in total. The zero-order valence-electron chi connectivity index (χ0n) is 18.3. The Hall–Kier alpha value is -3.92. The van der Waals surface area contributed by atoms with Gasteiger partial charge in [-0.3, -0.25) is 9.10 Å². The van der Waals surface area contributed by atoms with Crippen LogP contribution in [-0.2, 0) is 14.8 Å². The number of aryl methyl sites for hydroxylation is 1. The molecule has 1 aliphatic heterocycles. The molecule has 0 atom stereocenters. The maximum absolute atomic E-state index is 13.3. The van der Waals surface area contributed by atoms with Crippen molar-refractivity contribution in [3.05, 3.63) is 83.7 Å². The number of hydrazone groups is 1. The van der Waals surface area contributed by atoms with Crippen LogP contribution in [-0.4, -0.2) is 40.3 Å². The number of sulfonamides is 1. The van der Waals surface area contributed by atoms with Crippen molar-refractivity contribution in [2.75, 3.05) is 24.1 Å². The molecule has 176 valence electrons. The molecule has 1 heterocycles. The highest BCUT2D eigenvalue weighted by Crippen LogP contribution is 2.32. The van der Waals surface area contributed by atoms with E-state index < -0.39 is 28.3 Å². The Morgan fingerprint density at radius 1 is 1.06 bits per heavy atom. The second-order valence-corrected chi connectivity index (χ2v) is 9.33. The van der Waals surface area contributed by atoms with Gasteiger partial charge in [-0.1, -0.05) is 23.8 Å². The minimum Gasteiger partial charge on any atom is -0.486 e. The van der Waals surface area contributed by atoms with Crippen molar-refractivity contribution >= 4 is 27.8 Å². The molecule has 0 aromatic heterocycles. The predicted molar refractivity (Wildman–Crippen MR) is 125 cm³/mol. The molecule has 0 fully saturated rings. The molecule has 0 bridgehead atoms. The van der Waals surface area contributed by atoms with E-state index in [1.807, 2.05) is 6.92 Å². The normalized spacial score (nSPS) is 13.0. The van der Waals surface area contributed by atoms with Gasteiger partial charge in [-0.05, 0) is 55.5 Å². The van der Waals surface area contributed by atoms with Gasteiger partial charge in [0.2, 0.25) is 0 Å². The lowest BCUT2D eigenvalue weighted by atomic mass is 10.2. The minimum absolute atomic E-state index is 0.140. The Balaban J connectivity index is 1.54. The summed E-state index contributed by atoms with van der Waals surface area (Å²) in [6.07, 6.45) is 1.40. The molecule has 1 aliphatic rings. The molecule has 0 aliphatic carbocycles. The average Bonchev–Trinajstić information content (AvgIpc) is 2.83. The fourth-order valence-electron chi connectivity index (χ4n) is 3.30. The summed E-state index contributed by atoms with van der Waals surface area (Å²) in [5.41, 5.74) is 4.17. The van der Waals surface area contributed by atoms with Gasteiger partial charge in [-0.25, -0.2) is 18.2 Å². The summed E-state index contributed by atoms with van der Waals surface area (Å²) < 4.78 is 52.0. The molecular formula is C24H22FN3O5S. The van der Waals surface area contributed by atoms with Gasteiger partial charge in [0.05, 0.1) is 16.8 Å². The van der Waals surface area contributed by atoms with E-state index in [2.05, 4.69) is 10.5 Å². The topological polar surface area (TPSA) is 97.3 Å². The SMILES string of the molecule is Cc1ccc(N(CC(=O)N/N=C\c2cccc3c2OCCO3)S(=O)(=O)c2ccc(F)cc2)cc1. The van der Waals surface area contributed by atoms with Crippen LogP contribution in [0.5, 0.6) is 11.5 Å². The lowest BCUT2D eigenvalue weighted by Gasteiger charge is -2.24. The van der Waals surface area contributed by atoms with Gasteiger partial charge in [-0.15, -0.1) is 0 Å². The Labute approximate surface area is 196 Å². The third-order valence-electron chi connectivity index (χ3n) is 5.00. The third-order valence-corrected chi connectivity index (χ3v) is 6.79. The fourth-order valence-corrected chi connectivity index (χ4v) is 4.72. The first-order valence-corrected chi connectivity index (χ1v) is 11.8. The smallest absolute Gasteiger partial charge is 0.264 e. The molecule has 1 amide bonds. The highest BCUT2D eigenvalue weighted by Gasteiger charge is 2.27. The molecule has 0 spiro atoms. The summed E-state index contributed by atoms with van der Waals surface area (Å²) in [6, 6.07) is 16.4. The van der Waals surface area contributed by atoms with Gasteiger partial charge in [-0.2, -0.15) is 5.10 Å². The largest absolute Gasteiger partial charge is 0.486 e. The maximum Gasteiger partial charge on any atom is 0.264 e. The molecular weight excluding hydrogens is 461 g/mol. The lowest BCUT2D eigenvalue weighted by Crippen LogP contribution is -2.39. The highest BCUT2D eigenvalue weighted by atomic mass is 32.2. The molecule has 3 aromatic rings. The number of carbonyl (C=O) groups is 1. The predicted octanol–water partition coefficient (Wildman–Crippen LogP) is 3.25. The Bertz CT molecular complexity index is 1310. The van der Waals surface area contributed by atoms with Crippen LogP contribution in [0, 0.1) is 12.7 Å². The molecule has 0 saturated carbocycles. The van der Waals surface area contributed by atoms with E-state index >= 15 is 0 Å². The van der Waals surface area contributed by atoms with Gasteiger partial charge in [0.1, 0.15) is 25.6 Å². The Morgan fingerprint density at radius 2 is 1.76 bits per heavy atom. The van der Waals surface area contributed by atoms with Crippen LogP contribution < -0.4 is 19.2 Å². The maximum atomic E-state index is 13.3. The van der Waals surface area contributed by atoms with Crippen LogP contribution in [0.3, 0.4) is 0 Å². The van der Waals surface area contributed by atoms with Crippen LogP contribution >= 0.6 is 0 Å². The first kappa shape index (κ1) is 23.2. The van der Waals surface area contributed by atoms with Crippen LogP contribution in [0.2, 0.25) is 0 Å². The number of nitrogens with one attached hydrogen (secondary N) is 1. The third kappa shape index (κ3) is 5.18. The van der Waals surface area contributed by atoms with Gasteiger partial charge >= 0.3 is 0 Å². The first-order chi connectivity index (χ1) is 16.3. The number of hydrogen-bond donors (Lipinski definition) is 1. The lowest BCUT2D eigenvalue weighted by molar-refractivity contribution is -0.119. The molecule has 34 heavy (non-hydrogen) atoms. The van der Waals surface area contributed by atoms with Crippen LogP contribution in [0.15, 0.2) is 76.7 Å². The number of carbonyl (C=O) groups excluding carboxylic acids is 1. The van der Waals surface area contributed by atoms with Crippen molar-refractivity contribution in [2.45, 2.75) is 11.8 Å². The number of anilines is 1. The van der Waals surface area contributed by atoms with E-state index in [4.69, 9.17) is 9.47 Å². The van der Waals surface area contributed by atoms with E-state index in [-0.39, 0.29) is 10.6 Å². The van der Waals surface area contributed by atoms with Crippen molar-refractivity contribution < 1.29 is 27.1 Å². The molecule has 0 unspecified atom stereocenters. The number of halogens is 1. The molecule has 10 heteroatoms. The summed E-state index contributed by atoms with van der Waals surface area (Å²) >= 11 is 0. The molecule has 4 rings (SSSR count). The quantitative estimate of drug-likeness (QED) is 0.411. The number of amides is 1. The summed E-state index contributed by atoms with van der Waals surface area (Å²) in [5.74, 6) is -0.126. The van der Waals surface area contributed by atoms with E-state index in [1.54, 1.807) is 42.5 Å². The average molecular weight is 484 g/mol. The van der Waals surface area contributed by atoms with Crippen LogP contribution in [0.4, 0.5) is 10.1 Å². The summed E-state index contributed by atoms with van der Waals surface area (Å²) in [5, 5.41) is 3.95. The standard InChI is InChI=1S/C24H22FN3O5S/c1-17-5-9-20(10-6-17)28(34(30,31)21-11-7-19(25)8-12-21)16-23(29)27-26-15-18-3-2-4-22-24(18)33-14-13-32-22/h2-12,15H,13-14,16H2,1H3,(H,27,29)/b26-15-. The number of benzene rings is 3. The number of ether oxygens (including phenoxy) is 2. The fraction of sp³-hybridized carbons (Fsp3) is 0.167. The first-order valence-electron chi connectivity index (χ1n) is 10.4. The van der Waals surface area contributed by atoms with Gasteiger partial charge in [0.25, 0.3) is 15.9 Å². The summed E-state index contributed by atoms with van der Waals surface area (Å²) in [7, 11) is -4.15. The number of nitrogens with zero attached hydrogens (tertiary/aromatic N) is 2. The zero-order valence-corrected chi connectivity index (χ0v) is 19.1. The Kier molecular flexibility index (Phi) is 6.78. The second-order valence-electron chi connectivity index (χ2n) is 7.47. The minimum atomic E-state index is -4.15. The number of rotatable bonds is 7. The zero-order chi connectivity index (χ0) is 24.1. The molecule has 0 saturated heterocycles. The van der Waals surface area contributed by atoms with Gasteiger partial charge < -0.3 is 9.47 Å². The van der Waals surface area contributed by atoms with Crippen molar-refractivity contribution in [1.29, 1.82) is 0 Å². The van der Waals surface area contributed by atoms with Crippen LogP contribution in [0.1, 0.15) is 11.1 Å².